The van der Waals surface area contributed by atoms with Crippen molar-refractivity contribution in [2.75, 3.05) is 11.9 Å². The lowest BCUT2D eigenvalue weighted by Gasteiger charge is -2.27. The molecule has 1 amide bonds. The lowest BCUT2D eigenvalue weighted by atomic mass is 10.1. The number of hydrogen-bond acceptors (Lipinski definition) is 3. The van der Waals surface area contributed by atoms with Crippen LogP contribution < -0.4 is 5.32 Å². The third-order valence-electron chi connectivity index (χ3n) is 4.17. The fourth-order valence-corrected chi connectivity index (χ4v) is 2.69. The Hall–Kier alpha value is -2.36. The highest BCUT2D eigenvalue weighted by molar-refractivity contribution is 5.95. The van der Waals surface area contributed by atoms with Crippen LogP contribution in [-0.2, 0) is 6.54 Å². The van der Waals surface area contributed by atoms with E-state index in [-0.39, 0.29) is 11.9 Å². The van der Waals surface area contributed by atoms with Gasteiger partial charge >= 0.3 is 0 Å². The Kier molecular flexibility index (Phi) is 7.45. The van der Waals surface area contributed by atoms with Crippen LogP contribution in [0.4, 0.5) is 5.82 Å². The number of unbranched alkanes of at least 4 members (excludes halogenated alkanes) is 2. The van der Waals surface area contributed by atoms with Crippen molar-refractivity contribution in [3.05, 3.63) is 59.8 Å². The summed E-state index contributed by atoms with van der Waals surface area (Å²) in [6.07, 6.45) is 5.21. The van der Waals surface area contributed by atoms with Gasteiger partial charge in [0.2, 0.25) is 0 Å². The Morgan fingerprint density at radius 2 is 1.92 bits per heavy atom. The summed E-state index contributed by atoms with van der Waals surface area (Å²) in [7, 11) is 0. The predicted octanol–water partition coefficient (Wildman–Crippen LogP) is 4.73. The number of rotatable bonds is 9. The van der Waals surface area contributed by atoms with E-state index in [1.807, 2.05) is 43.0 Å². The topological polar surface area (TPSA) is 45.2 Å². The summed E-state index contributed by atoms with van der Waals surface area (Å²) in [5.41, 5.74) is 1.81. The molecule has 2 aromatic rings. The van der Waals surface area contributed by atoms with E-state index >= 15 is 0 Å². The van der Waals surface area contributed by atoms with Gasteiger partial charge in [-0.25, -0.2) is 4.98 Å². The van der Waals surface area contributed by atoms with Crippen LogP contribution in [0.25, 0.3) is 0 Å². The largest absolute Gasteiger partial charge is 0.370 e. The molecule has 134 valence electrons. The summed E-state index contributed by atoms with van der Waals surface area (Å²) in [6.45, 7) is 7.78. The van der Waals surface area contributed by atoms with Gasteiger partial charge in [-0.15, -0.1) is 0 Å². The van der Waals surface area contributed by atoms with Gasteiger partial charge in [-0.1, -0.05) is 50.1 Å². The lowest BCUT2D eigenvalue weighted by Crippen LogP contribution is -2.36. The van der Waals surface area contributed by atoms with Gasteiger partial charge < -0.3 is 10.2 Å². The molecule has 0 aliphatic rings. The third kappa shape index (κ3) is 5.89. The quantitative estimate of drug-likeness (QED) is 0.672. The number of benzene rings is 1. The number of amides is 1. The number of anilines is 1. The van der Waals surface area contributed by atoms with Gasteiger partial charge in [0, 0.05) is 30.9 Å². The lowest BCUT2D eigenvalue weighted by molar-refractivity contribution is 0.0690. The molecule has 1 aromatic carbocycles. The molecule has 1 N–H and O–H groups in total. The van der Waals surface area contributed by atoms with Crippen molar-refractivity contribution < 1.29 is 4.79 Å². The Morgan fingerprint density at radius 3 is 2.60 bits per heavy atom. The number of nitrogens with zero attached hydrogens (tertiary/aromatic N) is 2. The zero-order valence-electron chi connectivity index (χ0n) is 15.5. The molecule has 0 aliphatic carbocycles. The average Bonchev–Trinajstić information content (AvgIpc) is 2.63. The van der Waals surface area contributed by atoms with E-state index in [2.05, 4.69) is 29.4 Å². The Labute approximate surface area is 151 Å². The van der Waals surface area contributed by atoms with Crippen LogP contribution in [0.2, 0.25) is 0 Å². The highest BCUT2D eigenvalue weighted by Crippen LogP contribution is 2.15. The Bertz CT molecular complexity index is 655. The molecular formula is C21H29N3O. The van der Waals surface area contributed by atoms with Crippen LogP contribution in [0.5, 0.6) is 0 Å². The SMILES string of the molecule is CCCCCNc1cc(C(=O)N(Cc2ccccc2)C(C)C)ccn1. The van der Waals surface area contributed by atoms with Crippen molar-refractivity contribution in [2.45, 2.75) is 52.6 Å². The van der Waals surface area contributed by atoms with Crippen molar-refractivity contribution in [3.63, 3.8) is 0 Å². The molecule has 0 spiro atoms. The van der Waals surface area contributed by atoms with Crippen LogP contribution in [0.15, 0.2) is 48.7 Å². The summed E-state index contributed by atoms with van der Waals surface area (Å²) in [5, 5.41) is 3.31. The van der Waals surface area contributed by atoms with E-state index in [0.717, 1.165) is 24.3 Å². The maximum absolute atomic E-state index is 13.0. The maximum atomic E-state index is 13.0. The third-order valence-corrected chi connectivity index (χ3v) is 4.17. The summed E-state index contributed by atoms with van der Waals surface area (Å²) < 4.78 is 0. The highest BCUT2D eigenvalue weighted by atomic mass is 16.2. The number of carbonyl (C=O) groups excluding carboxylic acids is 1. The summed E-state index contributed by atoms with van der Waals surface area (Å²) in [4.78, 5) is 19.2. The van der Waals surface area contributed by atoms with Gasteiger partial charge in [-0.3, -0.25) is 4.79 Å². The molecule has 0 saturated carbocycles. The minimum atomic E-state index is 0.0397. The average molecular weight is 339 g/mol. The van der Waals surface area contributed by atoms with E-state index < -0.39 is 0 Å². The minimum absolute atomic E-state index is 0.0397. The fourth-order valence-electron chi connectivity index (χ4n) is 2.69. The molecular weight excluding hydrogens is 310 g/mol. The minimum Gasteiger partial charge on any atom is -0.370 e. The number of hydrogen-bond donors (Lipinski definition) is 1. The number of nitrogens with one attached hydrogen (secondary N) is 1. The van der Waals surface area contributed by atoms with Crippen molar-refractivity contribution in [3.8, 4) is 0 Å². The molecule has 2 rings (SSSR count). The van der Waals surface area contributed by atoms with Crippen molar-refractivity contribution in [1.82, 2.24) is 9.88 Å². The van der Waals surface area contributed by atoms with Gasteiger partial charge in [0.15, 0.2) is 0 Å². The van der Waals surface area contributed by atoms with Crippen LogP contribution in [0.3, 0.4) is 0 Å². The van der Waals surface area contributed by atoms with Crippen molar-refractivity contribution >= 4 is 11.7 Å². The van der Waals surface area contributed by atoms with Gasteiger partial charge in [-0.05, 0) is 38.0 Å². The first-order valence-corrected chi connectivity index (χ1v) is 9.16. The van der Waals surface area contributed by atoms with E-state index in [1.54, 1.807) is 12.3 Å². The molecule has 0 aliphatic heterocycles. The second kappa shape index (κ2) is 9.82. The highest BCUT2D eigenvalue weighted by Gasteiger charge is 2.19. The van der Waals surface area contributed by atoms with Crippen molar-refractivity contribution in [2.24, 2.45) is 0 Å². The molecule has 0 saturated heterocycles. The standard InChI is InChI=1S/C21H29N3O/c1-4-5-9-13-22-20-15-19(12-14-23-20)21(25)24(17(2)3)16-18-10-7-6-8-11-18/h6-8,10-12,14-15,17H,4-5,9,13,16H2,1-3H3,(H,22,23). The smallest absolute Gasteiger partial charge is 0.254 e. The Balaban J connectivity index is 2.08. The molecule has 0 bridgehead atoms. The molecule has 1 heterocycles. The fraction of sp³-hybridized carbons (Fsp3) is 0.429. The molecule has 0 unspecified atom stereocenters. The van der Waals surface area contributed by atoms with Crippen LogP contribution in [0, 0.1) is 0 Å². The Morgan fingerprint density at radius 1 is 1.16 bits per heavy atom. The van der Waals surface area contributed by atoms with Crippen LogP contribution in [-0.4, -0.2) is 28.4 Å². The summed E-state index contributed by atoms with van der Waals surface area (Å²) in [6, 6.07) is 13.9. The van der Waals surface area contributed by atoms with Gasteiger partial charge in [0.05, 0.1) is 0 Å². The first kappa shape index (κ1) is 19.0. The van der Waals surface area contributed by atoms with Gasteiger partial charge in [-0.2, -0.15) is 0 Å². The summed E-state index contributed by atoms with van der Waals surface area (Å²) >= 11 is 0. The van der Waals surface area contributed by atoms with Gasteiger partial charge in [0.1, 0.15) is 5.82 Å². The van der Waals surface area contributed by atoms with E-state index in [1.165, 1.54) is 12.8 Å². The van der Waals surface area contributed by atoms with E-state index in [0.29, 0.717) is 12.1 Å². The first-order chi connectivity index (χ1) is 12.1. The molecule has 4 heteroatoms. The normalized spacial score (nSPS) is 10.7. The molecule has 4 nitrogen and oxygen atoms in total. The van der Waals surface area contributed by atoms with Gasteiger partial charge in [0.25, 0.3) is 5.91 Å². The number of aromatic nitrogens is 1. The monoisotopic (exact) mass is 339 g/mol. The zero-order valence-corrected chi connectivity index (χ0v) is 15.5. The van der Waals surface area contributed by atoms with E-state index in [4.69, 9.17) is 0 Å². The molecule has 0 fully saturated rings. The second-order valence-electron chi connectivity index (χ2n) is 6.58. The van der Waals surface area contributed by atoms with Crippen molar-refractivity contribution in [1.29, 1.82) is 0 Å². The van der Waals surface area contributed by atoms with Crippen LogP contribution in [0.1, 0.15) is 56.0 Å². The maximum Gasteiger partial charge on any atom is 0.254 e. The van der Waals surface area contributed by atoms with Crippen LogP contribution >= 0.6 is 0 Å². The van der Waals surface area contributed by atoms with E-state index in [9.17, 15) is 4.79 Å². The number of carbonyl (C=O) groups is 1. The predicted molar refractivity (Wildman–Crippen MR) is 104 cm³/mol. The molecule has 1 aromatic heterocycles. The zero-order chi connectivity index (χ0) is 18.1. The number of pyridine rings is 1. The molecule has 0 radical (unpaired) electrons. The molecule has 0 atom stereocenters. The first-order valence-electron chi connectivity index (χ1n) is 9.16. The summed E-state index contributed by atoms with van der Waals surface area (Å²) in [5.74, 6) is 0.809. The molecule has 25 heavy (non-hydrogen) atoms. The second-order valence-corrected chi connectivity index (χ2v) is 6.58.